The maximum absolute atomic E-state index is 13.5. The molecule has 0 atom stereocenters. The summed E-state index contributed by atoms with van der Waals surface area (Å²) in [6.45, 7) is 13.1. The minimum absolute atomic E-state index is 0.127. The van der Waals surface area contributed by atoms with Crippen LogP contribution in [0.4, 0.5) is 4.79 Å². The van der Waals surface area contributed by atoms with Gasteiger partial charge in [0.2, 0.25) is 0 Å². The lowest BCUT2D eigenvalue weighted by atomic mass is 9.97. The number of carbonyl (C=O) groups is 2. The number of carbonyl (C=O) groups excluding carboxylic acids is 2. The van der Waals surface area contributed by atoms with E-state index in [1.807, 2.05) is 45.0 Å². The predicted octanol–water partition coefficient (Wildman–Crippen LogP) is 5.96. The van der Waals surface area contributed by atoms with Gasteiger partial charge in [-0.1, -0.05) is 25.1 Å². The van der Waals surface area contributed by atoms with Gasteiger partial charge in [-0.3, -0.25) is 9.69 Å². The molecule has 0 saturated carbocycles. The van der Waals surface area contributed by atoms with Gasteiger partial charge in [-0.05, 0) is 93.7 Å². The SMILES string of the molecule is C=Cc1cc2c(c(-c3cc4cc(CN5CCCCC5)ccc4n3C(=O)OC(C)(C)C)c1)C(=O)NC2. The number of nitrogens with zero attached hydrogens (tertiary/aromatic N) is 2. The van der Waals surface area contributed by atoms with Gasteiger partial charge in [-0.15, -0.1) is 0 Å². The Balaban J connectivity index is 1.67. The maximum atomic E-state index is 13.5. The Morgan fingerprint density at radius 3 is 2.60 bits per heavy atom. The molecule has 1 amide bonds. The van der Waals surface area contributed by atoms with Crippen molar-refractivity contribution in [2.45, 2.75) is 58.7 Å². The fourth-order valence-corrected chi connectivity index (χ4v) is 5.16. The van der Waals surface area contributed by atoms with Gasteiger partial charge in [-0.2, -0.15) is 0 Å². The second kappa shape index (κ2) is 9.00. The van der Waals surface area contributed by atoms with Crippen molar-refractivity contribution in [1.82, 2.24) is 14.8 Å². The summed E-state index contributed by atoms with van der Waals surface area (Å²) >= 11 is 0. The van der Waals surface area contributed by atoms with E-state index in [4.69, 9.17) is 4.74 Å². The molecule has 3 heterocycles. The van der Waals surface area contributed by atoms with Crippen LogP contribution in [0.25, 0.3) is 28.2 Å². The van der Waals surface area contributed by atoms with Gasteiger partial charge in [0.1, 0.15) is 5.60 Å². The lowest BCUT2D eigenvalue weighted by Crippen LogP contribution is -2.29. The summed E-state index contributed by atoms with van der Waals surface area (Å²) in [6.07, 6.45) is 5.10. The van der Waals surface area contributed by atoms with Crippen molar-refractivity contribution in [3.05, 3.63) is 65.2 Å². The van der Waals surface area contributed by atoms with Crippen LogP contribution >= 0.6 is 0 Å². The van der Waals surface area contributed by atoms with Crippen LogP contribution in [0.15, 0.2) is 43.0 Å². The molecule has 1 saturated heterocycles. The molecule has 6 nitrogen and oxygen atoms in total. The first-order chi connectivity index (χ1) is 16.7. The third-order valence-corrected chi connectivity index (χ3v) is 6.72. The minimum Gasteiger partial charge on any atom is -0.443 e. The molecule has 1 aromatic heterocycles. The Hall–Kier alpha value is -3.38. The molecule has 0 aliphatic carbocycles. The topological polar surface area (TPSA) is 63.6 Å². The van der Waals surface area contributed by atoms with Crippen LogP contribution in [0.5, 0.6) is 0 Å². The number of likely N-dealkylation sites (tertiary alicyclic amines) is 1. The number of ether oxygens (including phenoxy) is 1. The Kier molecular flexibility index (Phi) is 6.01. The third kappa shape index (κ3) is 4.63. The van der Waals surface area contributed by atoms with Crippen molar-refractivity contribution in [3.63, 3.8) is 0 Å². The average Bonchev–Trinajstić information content (AvgIpc) is 3.38. The Morgan fingerprint density at radius 1 is 1.11 bits per heavy atom. The van der Waals surface area contributed by atoms with Gasteiger partial charge in [0.15, 0.2) is 0 Å². The first kappa shape index (κ1) is 23.4. The van der Waals surface area contributed by atoms with Crippen LogP contribution in [-0.4, -0.2) is 40.2 Å². The van der Waals surface area contributed by atoms with Crippen LogP contribution in [0, 0.1) is 0 Å². The molecule has 0 spiro atoms. The minimum atomic E-state index is -0.651. The molecule has 5 rings (SSSR count). The number of hydrogen-bond donors (Lipinski definition) is 1. The average molecular weight is 472 g/mol. The van der Waals surface area contributed by atoms with Crippen molar-refractivity contribution in [2.24, 2.45) is 0 Å². The lowest BCUT2D eigenvalue weighted by Gasteiger charge is -2.26. The molecule has 2 aliphatic rings. The Morgan fingerprint density at radius 2 is 1.89 bits per heavy atom. The van der Waals surface area contributed by atoms with Crippen LogP contribution in [0.2, 0.25) is 0 Å². The van der Waals surface area contributed by atoms with E-state index >= 15 is 0 Å². The summed E-state index contributed by atoms with van der Waals surface area (Å²) in [5.41, 5.74) is 5.13. The van der Waals surface area contributed by atoms with Crippen molar-refractivity contribution >= 4 is 29.0 Å². The first-order valence-electron chi connectivity index (χ1n) is 12.4. The van der Waals surface area contributed by atoms with E-state index in [9.17, 15) is 9.59 Å². The number of aromatic nitrogens is 1. The van der Waals surface area contributed by atoms with Crippen LogP contribution in [0.1, 0.15) is 67.1 Å². The van der Waals surface area contributed by atoms with Gasteiger partial charge in [-0.25, -0.2) is 9.36 Å². The summed E-state index contributed by atoms with van der Waals surface area (Å²) in [4.78, 5) is 28.8. The van der Waals surface area contributed by atoms with Crippen LogP contribution < -0.4 is 5.32 Å². The molecule has 0 radical (unpaired) electrons. The van der Waals surface area contributed by atoms with Crippen molar-refractivity contribution in [2.75, 3.05) is 13.1 Å². The van der Waals surface area contributed by atoms with Gasteiger partial charge < -0.3 is 10.1 Å². The van der Waals surface area contributed by atoms with Crippen molar-refractivity contribution in [1.29, 1.82) is 0 Å². The molecule has 0 unspecified atom stereocenters. The second-order valence-corrected chi connectivity index (χ2v) is 10.6. The number of piperidine rings is 1. The third-order valence-electron chi connectivity index (χ3n) is 6.72. The summed E-state index contributed by atoms with van der Waals surface area (Å²) < 4.78 is 7.41. The van der Waals surface area contributed by atoms with Crippen LogP contribution in [-0.2, 0) is 17.8 Å². The van der Waals surface area contributed by atoms with E-state index < -0.39 is 11.7 Å². The number of benzene rings is 2. The maximum Gasteiger partial charge on any atom is 0.419 e. The van der Waals surface area contributed by atoms with Crippen molar-refractivity contribution in [3.8, 4) is 11.3 Å². The molecular weight excluding hydrogens is 438 g/mol. The standard InChI is InChI=1S/C29H33N3O3/c1-5-19-13-22-17-30-27(33)26(22)23(15-19)25-16-21-14-20(18-31-11-7-6-8-12-31)9-10-24(21)32(25)28(34)35-29(2,3)4/h5,9-10,13-16H,1,6-8,11-12,17-18H2,2-4H3,(H,30,33). The zero-order valence-electron chi connectivity index (χ0n) is 20.8. The smallest absolute Gasteiger partial charge is 0.419 e. The van der Waals surface area contributed by atoms with Crippen molar-refractivity contribution < 1.29 is 14.3 Å². The molecule has 2 aromatic carbocycles. The van der Waals surface area contributed by atoms with E-state index in [0.717, 1.165) is 41.7 Å². The lowest BCUT2D eigenvalue weighted by molar-refractivity contribution is 0.0547. The summed E-state index contributed by atoms with van der Waals surface area (Å²) in [5, 5.41) is 3.87. The zero-order chi connectivity index (χ0) is 24.7. The molecule has 3 aromatic rings. The normalized spacial score (nSPS) is 16.3. The van der Waals surface area contributed by atoms with E-state index in [2.05, 4.69) is 28.9 Å². The van der Waals surface area contributed by atoms with E-state index in [-0.39, 0.29) is 5.91 Å². The number of rotatable bonds is 4. The molecule has 6 heteroatoms. The first-order valence-corrected chi connectivity index (χ1v) is 12.4. The molecular formula is C29H33N3O3. The summed E-state index contributed by atoms with van der Waals surface area (Å²) in [7, 11) is 0. The summed E-state index contributed by atoms with van der Waals surface area (Å²) in [5.74, 6) is -0.127. The molecule has 2 aliphatic heterocycles. The number of nitrogens with one attached hydrogen (secondary N) is 1. The highest BCUT2D eigenvalue weighted by molar-refractivity contribution is 6.07. The quantitative estimate of drug-likeness (QED) is 0.510. The second-order valence-electron chi connectivity index (χ2n) is 10.6. The van der Waals surface area contributed by atoms with Gasteiger partial charge in [0, 0.05) is 24.0 Å². The molecule has 35 heavy (non-hydrogen) atoms. The number of hydrogen-bond acceptors (Lipinski definition) is 4. The van der Waals surface area contributed by atoms with Gasteiger partial charge in [0.25, 0.3) is 5.91 Å². The van der Waals surface area contributed by atoms with Gasteiger partial charge >= 0.3 is 6.09 Å². The largest absolute Gasteiger partial charge is 0.443 e. The Labute approximate surface area is 206 Å². The van der Waals surface area contributed by atoms with Crippen LogP contribution in [0.3, 0.4) is 0 Å². The fourth-order valence-electron chi connectivity index (χ4n) is 5.16. The van der Waals surface area contributed by atoms with E-state index in [1.54, 1.807) is 10.6 Å². The summed E-state index contributed by atoms with van der Waals surface area (Å²) in [6, 6.07) is 12.2. The highest BCUT2D eigenvalue weighted by Crippen LogP contribution is 2.36. The Bertz CT molecular complexity index is 1320. The van der Waals surface area contributed by atoms with E-state index in [0.29, 0.717) is 23.4 Å². The highest BCUT2D eigenvalue weighted by Gasteiger charge is 2.29. The predicted molar refractivity (Wildman–Crippen MR) is 139 cm³/mol. The van der Waals surface area contributed by atoms with E-state index in [1.165, 1.54) is 24.8 Å². The highest BCUT2D eigenvalue weighted by atomic mass is 16.6. The monoisotopic (exact) mass is 471 g/mol. The molecule has 1 N–H and O–H groups in total. The molecule has 182 valence electrons. The zero-order valence-corrected chi connectivity index (χ0v) is 20.8. The number of fused-ring (bicyclic) bond motifs is 2. The number of amides is 1. The molecule has 0 bridgehead atoms. The molecule has 1 fully saturated rings. The van der Waals surface area contributed by atoms with Gasteiger partial charge in [0.05, 0.1) is 16.8 Å². The fraction of sp³-hybridized carbons (Fsp3) is 0.379.